The van der Waals surface area contributed by atoms with Crippen molar-refractivity contribution in [2.24, 2.45) is 0 Å². The molecule has 1 aromatic rings. The van der Waals surface area contributed by atoms with E-state index in [0.717, 1.165) is 12.1 Å². The van der Waals surface area contributed by atoms with Gasteiger partial charge < -0.3 is 15.5 Å². The summed E-state index contributed by atoms with van der Waals surface area (Å²) >= 11 is 0. The second-order valence-corrected chi connectivity index (χ2v) is 3.75. The van der Waals surface area contributed by atoms with E-state index in [9.17, 15) is 22.7 Å². The molecule has 0 bridgehead atoms. The predicted molar refractivity (Wildman–Crippen MR) is 56.2 cm³/mol. The van der Waals surface area contributed by atoms with Gasteiger partial charge in [-0.3, -0.25) is 0 Å². The third kappa shape index (κ3) is 4.25. The second kappa shape index (κ2) is 6.67. The highest BCUT2D eigenvalue weighted by Crippen LogP contribution is 2.15. The molecule has 1 aromatic carbocycles. The molecule has 3 N–H and O–H groups in total. The van der Waals surface area contributed by atoms with Crippen molar-refractivity contribution in [1.82, 2.24) is 5.32 Å². The molecule has 0 amide bonds. The van der Waals surface area contributed by atoms with Gasteiger partial charge in [-0.05, 0) is 17.7 Å². The van der Waals surface area contributed by atoms with E-state index >= 15 is 0 Å². The first-order valence-corrected chi connectivity index (χ1v) is 5.21. The van der Waals surface area contributed by atoms with Crippen LogP contribution in [0, 0.1) is 11.6 Å². The largest absolute Gasteiger partial charge is 0.387 e. The summed E-state index contributed by atoms with van der Waals surface area (Å²) in [5.41, 5.74) is 0.118. The molecule has 2 atom stereocenters. The fourth-order valence-corrected chi connectivity index (χ4v) is 1.29. The number of aliphatic hydroxyl groups excluding tert-OH is 2. The zero-order valence-electron chi connectivity index (χ0n) is 9.28. The zero-order valence-corrected chi connectivity index (χ0v) is 9.28. The molecule has 0 aliphatic heterocycles. The summed E-state index contributed by atoms with van der Waals surface area (Å²) < 4.78 is 49.3. The highest BCUT2D eigenvalue weighted by atomic mass is 19.3. The molecular formula is C11H13F4NO2. The van der Waals surface area contributed by atoms with E-state index in [1.54, 1.807) is 0 Å². The number of hydrogen-bond acceptors (Lipinski definition) is 3. The van der Waals surface area contributed by atoms with Crippen LogP contribution in [-0.2, 0) is 0 Å². The number of rotatable bonds is 6. The van der Waals surface area contributed by atoms with Gasteiger partial charge in [-0.15, -0.1) is 0 Å². The summed E-state index contributed by atoms with van der Waals surface area (Å²) in [7, 11) is 0. The number of halogens is 4. The molecule has 0 saturated carbocycles. The van der Waals surface area contributed by atoms with Gasteiger partial charge in [-0.2, -0.15) is 0 Å². The van der Waals surface area contributed by atoms with Gasteiger partial charge in [0.25, 0.3) is 6.43 Å². The lowest BCUT2D eigenvalue weighted by Gasteiger charge is -2.14. The number of aliphatic hydroxyl groups is 2. The van der Waals surface area contributed by atoms with Crippen LogP contribution in [0.1, 0.15) is 11.7 Å². The standard InChI is InChI=1S/C11H13F4NO2/c12-7-2-1-6(3-8(7)13)9(17)4-16-5-10(18)11(14)15/h1-3,9-11,16-18H,4-5H2. The first-order chi connectivity index (χ1) is 8.41. The minimum atomic E-state index is -2.88. The van der Waals surface area contributed by atoms with Crippen LogP contribution in [0.3, 0.4) is 0 Å². The molecule has 0 aliphatic rings. The zero-order chi connectivity index (χ0) is 13.7. The van der Waals surface area contributed by atoms with Crippen molar-refractivity contribution in [3.05, 3.63) is 35.4 Å². The van der Waals surface area contributed by atoms with Crippen LogP contribution in [0.2, 0.25) is 0 Å². The van der Waals surface area contributed by atoms with Gasteiger partial charge in [-0.25, -0.2) is 17.6 Å². The van der Waals surface area contributed by atoms with E-state index in [1.807, 2.05) is 0 Å². The maximum absolute atomic E-state index is 12.9. The normalized spacial score (nSPS) is 14.8. The molecule has 0 fully saturated rings. The van der Waals surface area contributed by atoms with Gasteiger partial charge in [0, 0.05) is 13.1 Å². The van der Waals surface area contributed by atoms with Crippen molar-refractivity contribution in [3.8, 4) is 0 Å². The van der Waals surface area contributed by atoms with Gasteiger partial charge in [0.2, 0.25) is 0 Å². The van der Waals surface area contributed by atoms with Gasteiger partial charge >= 0.3 is 0 Å². The van der Waals surface area contributed by atoms with Gasteiger partial charge in [0.15, 0.2) is 11.6 Å². The molecule has 18 heavy (non-hydrogen) atoms. The summed E-state index contributed by atoms with van der Waals surface area (Å²) in [6, 6.07) is 2.88. The van der Waals surface area contributed by atoms with Crippen molar-refractivity contribution in [2.75, 3.05) is 13.1 Å². The smallest absolute Gasteiger partial charge is 0.265 e. The van der Waals surface area contributed by atoms with Gasteiger partial charge in [-0.1, -0.05) is 6.07 Å². The molecule has 102 valence electrons. The van der Waals surface area contributed by atoms with Crippen LogP contribution in [0.5, 0.6) is 0 Å². The third-order valence-corrected chi connectivity index (χ3v) is 2.31. The van der Waals surface area contributed by atoms with E-state index in [4.69, 9.17) is 5.11 Å². The highest BCUT2D eigenvalue weighted by molar-refractivity contribution is 5.20. The number of alkyl halides is 2. The molecule has 0 spiro atoms. The number of hydrogen-bond donors (Lipinski definition) is 3. The lowest BCUT2D eigenvalue weighted by Crippen LogP contribution is -2.34. The molecule has 0 radical (unpaired) electrons. The fourth-order valence-electron chi connectivity index (χ4n) is 1.29. The molecule has 7 heteroatoms. The van der Waals surface area contributed by atoms with E-state index in [0.29, 0.717) is 0 Å². The van der Waals surface area contributed by atoms with Crippen LogP contribution in [0.25, 0.3) is 0 Å². The fraction of sp³-hybridized carbons (Fsp3) is 0.455. The number of nitrogens with one attached hydrogen (secondary N) is 1. The Bertz CT molecular complexity index is 389. The Hall–Kier alpha value is -1.18. The Morgan fingerprint density at radius 3 is 2.28 bits per heavy atom. The Kier molecular flexibility index (Phi) is 5.52. The van der Waals surface area contributed by atoms with E-state index in [1.165, 1.54) is 6.07 Å². The van der Waals surface area contributed by atoms with Crippen LogP contribution >= 0.6 is 0 Å². The Morgan fingerprint density at radius 2 is 1.72 bits per heavy atom. The van der Waals surface area contributed by atoms with Gasteiger partial charge in [0.1, 0.15) is 6.10 Å². The molecule has 0 aliphatic carbocycles. The summed E-state index contributed by atoms with van der Waals surface area (Å²) in [5.74, 6) is -2.13. The maximum Gasteiger partial charge on any atom is 0.265 e. The monoisotopic (exact) mass is 267 g/mol. The molecule has 0 heterocycles. The topological polar surface area (TPSA) is 52.5 Å². The van der Waals surface area contributed by atoms with Crippen molar-refractivity contribution in [2.45, 2.75) is 18.6 Å². The minimum absolute atomic E-state index is 0.118. The SMILES string of the molecule is OC(CNCC(O)C(F)F)c1ccc(F)c(F)c1. The van der Waals surface area contributed by atoms with Gasteiger partial charge in [0.05, 0.1) is 6.10 Å². The van der Waals surface area contributed by atoms with E-state index in [2.05, 4.69) is 5.32 Å². The lowest BCUT2D eigenvalue weighted by atomic mass is 10.1. The Labute approximate surface area is 101 Å². The Balaban J connectivity index is 2.45. The van der Waals surface area contributed by atoms with E-state index < -0.39 is 36.8 Å². The van der Waals surface area contributed by atoms with Crippen LogP contribution < -0.4 is 5.32 Å². The van der Waals surface area contributed by atoms with Crippen molar-refractivity contribution < 1.29 is 27.8 Å². The third-order valence-electron chi connectivity index (χ3n) is 2.31. The van der Waals surface area contributed by atoms with Crippen LogP contribution in [0.15, 0.2) is 18.2 Å². The quantitative estimate of drug-likeness (QED) is 0.679. The molecule has 2 unspecified atom stereocenters. The average Bonchev–Trinajstić information content (AvgIpc) is 2.32. The van der Waals surface area contributed by atoms with Crippen LogP contribution in [-0.4, -0.2) is 35.8 Å². The van der Waals surface area contributed by atoms with Crippen molar-refractivity contribution in [1.29, 1.82) is 0 Å². The van der Waals surface area contributed by atoms with E-state index in [-0.39, 0.29) is 12.1 Å². The molecule has 3 nitrogen and oxygen atoms in total. The summed E-state index contributed by atoms with van der Waals surface area (Å²) in [4.78, 5) is 0. The number of benzene rings is 1. The average molecular weight is 267 g/mol. The summed E-state index contributed by atoms with van der Waals surface area (Å²) in [6.45, 7) is -0.562. The molecule has 0 saturated heterocycles. The lowest BCUT2D eigenvalue weighted by molar-refractivity contribution is -0.00463. The van der Waals surface area contributed by atoms with Crippen LogP contribution in [0.4, 0.5) is 17.6 Å². The first kappa shape index (κ1) is 14.9. The molecular weight excluding hydrogens is 254 g/mol. The molecule has 1 rings (SSSR count). The first-order valence-electron chi connectivity index (χ1n) is 5.21. The maximum atomic E-state index is 12.9. The Morgan fingerprint density at radius 1 is 1.06 bits per heavy atom. The van der Waals surface area contributed by atoms with Crippen molar-refractivity contribution >= 4 is 0 Å². The summed E-state index contributed by atoms with van der Waals surface area (Å²) in [5, 5.41) is 20.8. The minimum Gasteiger partial charge on any atom is -0.387 e. The summed E-state index contributed by atoms with van der Waals surface area (Å²) in [6.07, 6.45) is -5.88. The van der Waals surface area contributed by atoms with Crippen molar-refractivity contribution in [3.63, 3.8) is 0 Å². The molecule has 0 aromatic heterocycles. The predicted octanol–water partition coefficient (Wildman–Crippen LogP) is 1.21. The highest BCUT2D eigenvalue weighted by Gasteiger charge is 2.17. The second-order valence-electron chi connectivity index (χ2n) is 3.75.